The van der Waals surface area contributed by atoms with E-state index < -0.39 is 0 Å². The van der Waals surface area contributed by atoms with Crippen molar-refractivity contribution in [3.8, 4) is 5.75 Å². The molecule has 1 aliphatic rings. The molecule has 0 spiro atoms. The maximum atomic E-state index is 12.0. The third-order valence-corrected chi connectivity index (χ3v) is 4.37. The van der Waals surface area contributed by atoms with Crippen LogP contribution in [0.15, 0.2) is 49.1 Å². The number of nitrogens with one attached hydrogen (secondary N) is 1. The van der Waals surface area contributed by atoms with Crippen LogP contribution in [-0.2, 0) is 4.79 Å². The highest BCUT2D eigenvalue weighted by Crippen LogP contribution is 2.35. The Labute approximate surface area is 141 Å². The third kappa shape index (κ3) is 4.08. The second kappa shape index (κ2) is 7.88. The van der Waals surface area contributed by atoms with E-state index in [-0.39, 0.29) is 12.5 Å². The van der Waals surface area contributed by atoms with E-state index in [0.717, 1.165) is 13.0 Å². The number of carbonyl (C=O) groups is 1. The van der Waals surface area contributed by atoms with Crippen LogP contribution in [0.2, 0.25) is 0 Å². The quantitative estimate of drug-likeness (QED) is 0.874. The summed E-state index contributed by atoms with van der Waals surface area (Å²) in [7, 11) is 2.12. The van der Waals surface area contributed by atoms with E-state index >= 15 is 0 Å². The molecule has 1 fully saturated rings. The van der Waals surface area contributed by atoms with E-state index in [0.29, 0.717) is 24.3 Å². The molecule has 6 heteroatoms. The van der Waals surface area contributed by atoms with E-state index in [9.17, 15) is 4.79 Å². The molecule has 1 saturated heterocycles. The fraction of sp³-hybridized carbons (Fsp3) is 0.389. The lowest BCUT2D eigenvalue weighted by Crippen LogP contribution is -2.35. The summed E-state index contributed by atoms with van der Waals surface area (Å²) in [4.78, 5) is 22.5. The maximum absolute atomic E-state index is 12.0. The maximum Gasteiger partial charge on any atom is 0.257 e. The molecule has 0 aliphatic carbocycles. The van der Waals surface area contributed by atoms with Crippen molar-refractivity contribution >= 4 is 5.91 Å². The standard InChI is InChI=1S/C18H22N4O2/c1-22-9-6-15(18(22)14-4-2-7-19-10-14)11-21-17(23)13-24-16-5-3-8-20-12-16/h2-5,7-8,10,12,15,18H,6,9,11,13H2,1H3,(H,21,23)/t15-,18-/m0/s1. The van der Waals surface area contributed by atoms with Gasteiger partial charge in [-0.25, -0.2) is 0 Å². The summed E-state index contributed by atoms with van der Waals surface area (Å²) in [6, 6.07) is 7.90. The number of hydrogen-bond acceptors (Lipinski definition) is 5. The van der Waals surface area contributed by atoms with E-state index in [4.69, 9.17) is 4.74 Å². The van der Waals surface area contributed by atoms with Crippen molar-refractivity contribution in [2.75, 3.05) is 26.7 Å². The van der Waals surface area contributed by atoms with Gasteiger partial charge in [-0.2, -0.15) is 0 Å². The average Bonchev–Trinajstić information content (AvgIpc) is 3.00. The molecule has 24 heavy (non-hydrogen) atoms. The molecule has 126 valence electrons. The van der Waals surface area contributed by atoms with Gasteiger partial charge in [0.15, 0.2) is 6.61 Å². The van der Waals surface area contributed by atoms with Crippen molar-refractivity contribution in [2.24, 2.45) is 5.92 Å². The zero-order valence-electron chi connectivity index (χ0n) is 13.8. The monoisotopic (exact) mass is 326 g/mol. The largest absolute Gasteiger partial charge is 0.482 e. The Kier molecular flexibility index (Phi) is 5.38. The molecular weight excluding hydrogens is 304 g/mol. The van der Waals surface area contributed by atoms with Gasteiger partial charge in [-0.05, 0) is 49.7 Å². The number of hydrogen-bond donors (Lipinski definition) is 1. The van der Waals surface area contributed by atoms with E-state index in [1.807, 2.05) is 12.3 Å². The Morgan fingerprint density at radius 3 is 2.79 bits per heavy atom. The smallest absolute Gasteiger partial charge is 0.257 e. The minimum absolute atomic E-state index is 0.00577. The lowest BCUT2D eigenvalue weighted by Gasteiger charge is -2.25. The van der Waals surface area contributed by atoms with Gasteiger partial charge in [-0.15, -0.1) is 0 Å². The summed E-state index contributed by atoms with van der Waals surface area (Å²) in [6.07, 6.45) is 8.01. The van der Waals surface area contributed by atoms with E-state index in [2.05, 4.69) is 33.3 Å². The molecule has 3 heterocycles. The lowest BCUT2D eigenvalue weighted by molar-refractivity contribution is -0.123. The van der Waals surface area contributed by atoms with Crippen LogP contribution in [0.3, 0.4) is 0 Å². The van der Waals surface area contributed by atoms with Crippen molar-refractivity contribution in [1.29, 1.82) is 0 Å². The van der Waals surface area contributed by atoms with Crippen molar-refractivity contribution in [1.82, 2.24) is 20.2 Å². The second-order valence-corrected chi connectivity index (χ2v) is 6.04. The van der Waals surface area contributed by atoms with Crippen molar-refractivity contribution in [3.05, 3.63) is 54.6 Å². The normalized spacial score (nSPS) is 20.7. The van der Waals surface area contributed by atoms with Gasteiger partial charge >= 0.3 is 0 Å². The molecule has 6 nitrogen and oxygen atoms in total. The van der Waals surface area contributed by atoms with Crippen LogP contribution in [0, 0.1) is 5.92 Å². The van der Waals surface area contributed by atoms with E-state index in [1.54, 1.807) is 30.7 Å². The Balaban J connectivity index is 1.51. The van der Waals surface area contributed by atoms with Gasteiger partial charge in [0.2, 0.25) is 0 Å². The summed E-state index contributed by atoms with van der Waals surface area (Å²) in [5, 5.41) is 2.98. The number of nitrogens with zero attached hydrogens (tertiary/aromatic N) is 3. The Bertz CT molecular complexity index is 651. The highest BCUT2D eigenvalue weighted by atomic mass is 16.5. The first-order valence-electron chi connectivity index (χ1n) is 8.14. The Hall–Kier alpha value is -2.47. The van der Waals surface area contributed by atoms with Gasteiger partial charge in [0.25, 0.3) is 5.91 Å². The number of likely N-dealkylation sites (tertiary alicyclic amines) is 1. The summed E-state index contributed by atoms with van der Waals surface area (Å²) in [6.45, 7) is 1.66. The molecule has 1 N–H and O–H groups in total. The topological polar surface area (TPSA) is 67.4 Å². The molecule has 2 atom stereocenters. The van der Waals surface area contributed by atoms with Gasteiger partial charge in [0, 0.05) is 31.2 Å². The summed E-state index contributed by atoms with van der Waals surface area (Å²) < 4.78 is 5.42. The predicted molar refractivity (Wildman–Crippen MR) is 90.5 cm³/mol. The molecule has 0 unspecified atom stereocenters. The van der Waals surface area contributed by atoms with Gasteiger partial charge in [-0.1, -0.05) is 6.07 Å². The summed E-state index contributed by atoms with van der Waals surface area (Å²) in [5.41, 5.74) is 1.20. The Morgan fingerprint density at radius 1 is 1.29 bits per heavy atom. The van der Waals surface area contributed by atoms with Crippen LogP contribution in [-0.4, -0.2) is 47.5 Å². The van der Waals surface area contributed by atoms with Crippen molar-refractivity contribution in [3.63, 3.8) is 0 Å². The fourth-order valence-electron chi connectivity index (χ4n) is 3.19. The molecule has 0 radical (unpaired) electrons. The number of aromatic nitrogens is 2. The molecule has 1 amide bonds. The minimum atomic E-state index is -0.113. The second-order valence-electron chi connectivity index (χ2n) is 6.04. The molecule has 2 aromatic rings. The van der Waals surface area contributed by atoms with E-state index in [1.165, 1.54) is 5.56 Å². The zero-order chi connectivity index (χ0) is 16.8. The third-order valence-electron chi connectivity index (χ3n) is 4.37. The Morgan fingerprint density at radius 2 is 2.08 bits per heavy atom. The molecule has 1 aliphatic heterocycles. The van der Waals surface area contributed by atoms with Crippen LogP contribution in [0.4, 0.5) is 0 Å². The number of carbonyl (C=O) groups excluding carboxylic acids is 1. The molecule has 3 rings (SSSR count). The summed E-state index contributed by atoms with van der Waals surface area (Å²) in [5.74, 6) is 0.862. The van der Waals surface area contributed by atoms with Crippen LogP contribution in [0.25, 0.3) is 0 Å². The lowest BCUT2D eigenvalue weighted by atomic mass is 9.95. The van der Waals surface area contributed by atoms with Crippen LogP contribution in [0.5, 0.6) is 5.75 Å². The fourth-order valence-corrected chi connectivity index (χ4v) is 3.19. The van der Waals surface area contributed by atoms with Crippen molar-refractivity contribution < 1.29 is 9.53 Å². The number of ether oxygens (including phenoxy) is 1. The van der Waals surface area contributed by atoms with Crippen LogP contribution >= 0.6 is 0 Å². The van der Waals surface area contributed by atoms with Crippen molar-refractivity contribution in [2.45, 2.75) is 12.5 Å². The number of rotatable bonds is 6. The highest BCUT2D eigenvalue weighted by Gasteiger charge is 2.33. The van der Waals surface area contributed by atoms with Gasteiger partial charge in [0.05, 0.1) is 6.20 Å². The molecule has 0 bridgehead atoms. The number of amides is 1. The minimum Gasteiger partial charge on any atom is -0.482 e. The highest BCUT2D eigenvalue weighted by molar-refractivity contribution is 5.77. The SMILES string of the molecule is CN1CC[C@@H](CNC(=O)COc2cccnc2)[C@@H]1c1cccnc1. The van der Waals surface area contributed by atoms with Crippen LogP contribution < -0.4 is 10.1 Å². The predicted octanol–water partition coefficient (Wildman–Crippen LogP) is 1.66. The van der Waals surface area contributed by atoms with Gasteiger partial charge in [-0.3, -0.25) is 19.7 Å². The molecule has 0 saturated carbocycles. The van der Waals surface area contributed by atoms with Gasteiger partial charge < -0.3 is 10.1 Å². The first kappa shape index (κ1) is 16.4. The number of pyridine rings is 2. The first-order valence-corrected chi connectivity index (χ1v) is 8.14. The molecular formula is C18H22N4O2. The average molecular weight is 326 g/mol. The van der Waals surface area contributed by atoms with Gasteiger partial charge in [0.1, 0.15) is 5.75 Å². The molecule has 2 aromatic heterocycles. The first-order chi connectivity index (χ1) is 11.7. The molecule has 0 aromatic carbocycles. The van der Waals surface area contributed by atoms with Crippen LogP contribution in [0.1, 0.15) is 18.0 Å². The summed E-state index contributed by atoms with van der Waals surface area (Å²) >= 11 is 0. The zero-order valence-corrected chi connectivity index (χ0v) is 13.8.